The molecule has 0 amide bonds. The quantitative estimate of drug-likeness (QED) is 0.389. The molecule has 0 bridgehead atoms. The number of hydrogen-bond acceptors (Lipinski definition) is 4. The van der Waals surface area contributed by atoms with Gasteiger partial charge in [0.25, 0.3) is 0 Å². The van der Waals surface area contributed by atoms with E-state index in [1.807, 2.05) is 11.8 Å². The van der Waals surface area contributed by atoms with Crippen LogP contribution in [0.25, 0.3) is 0 Å². The number of pyridine rings is 1. The van der Waals surface area contributed by atoms with Gasteiger partial charge in [0.15, 0.2) is 5.96 Å². The minimum atomic E-state index is -4.35. The molecule has 1 saturated heterocycles. The minimum absolute atomic E-state index is 0.439. The maximum atomic E-state index is 12.5. The van der Waals surface area contributed by atoms with Gasteiger partial charge in [-0.3, -0.25) is 4.99 Å². The summed E-state index contributed by atoms with van der Waals surface area (Å²) in [6, 6.07) is 2.37. The fourth-order valence-electron chi connectivity index (χ4n) is 2.41. The van der Waals surface area contributed by atoms with E-state index in [0.29, 0.717) is 24.2 Å². The Balaban J connectivity index is 1.60. The van der Waals surface area contributed by atoms with E-state index in [4.69, 9.17) is 0 Å². The van der Waals surface area contributed by atoms with Gasteiger partial charge in [0.1, 0.15) is 5.82 Å². The number of rotatable bonds is 7. The lowest BCUT2D eigenvalue weighted by atomic mass is 10.2. The van der Waals surface area contributed by atoms with Gasteiger partial charge < -0.3 is 16.0 Å². The molecule has 5 nitrogen and oxygen atoms in total. The molecule has 1 aliphatic rings. The van der Waals surface area contributed by atoms with Crippen LogP contribution in [0.15, 0.2) is 23.3 Å². The van der Waals surface area contributed by atoms with E-state index < -0.39 is 11.7 Å². The van der Waals surface area contributed by atoms with Crippen molar-refractivity contribution in [3.05, 3.63) is 23.9 Å². The third kappa shape index (κ3) is 7.01. The van der Waals surface area contributed by atoms with Gasteiger partial charge in [-0.25, -0.2) is 4.98 Å². The molecular weight excluding hydrogens is 351 g/mol. The molecule has 1 fully saturated rings. The number of alkyl halides is 3. The molecule has 0 spiro atoms. The third-order valence-corrected chi connectivity index (χ3v) is 5.19. The van der Waals surface area contributed by atoms with Gasteiger partial charge >= 0.3 is 6.18 Å². The maximum Gasteiger partial charge on any atom is 0.417 e. The maximum absolute atomic E-state index is 12.5. The summed E-state index contributed by atoms with van der Waals surface area (Å²) in [4.78, 5) is 7.96. The Morgan fingerprint density at radius 1 is 1.32 bits per heavy atom. The Morgan fingerprint density at radius 3 is 2.76 bits per heavy atom. The van der Waals surface area contributed by atoms with Crippen molar-refractivity contribution >= 4 is 23.5 Å². The van der Waals surface area contributed by atoms with Crippen LogP contribution in [0.1, 0.15) is 24.8 Å². The van der Waals surface area contributed by atoms with Crippen LogP contribution in [0.4, 0.5) is 19.0 Å². The molecule has 0 saturated carbocycles. The van der Waals surface area contributed by atoms with Crippen molar-refractivity contribution < 1.29 is 13.2 Å². The van der Waals surface area contributed by atoms with E-state index in [2.05, 4.69) is 25.9 Å². The number of anilines is 1. The van der Waals surface area contributed by atoms with Gasteiger partial charge in [-0.05, 0) is 37.1 Å². The second kappa shape index (κ2) is 9.74. The van der Waals surface area contributed by atoms with E-state index >= 15 is 0 Å². The average Bonchev–Trinajstić information content (AvgIpc) is 3.10. The Morgan fingerprint density at radius 2 is 2.16 bits per heavy atom. The smallest absolute Gasteiger partial charge is 0.370 e. The fraction of sp³-hybridized carbons (Fsp3) is 0.625. The summed E-state index contributed by atoms with van der Waals surface area (Å²) in [6.45, 7) is 2.24. The molecule has 3 N–H and O–H groups in total. The van der Waals surface area contributed by atoms with Gasteiger partial charge in [-0.1, -0.05) is 0 Å². The summed E-state index contributed by atoms with van der Waals surface area (Å²) < 4.78 is 37.4. The van der Waals surface area contributed by atoms with E-state index in [1.165, 1.54) is 24.7 Å². The zero-order valence-electron chi connectivity index (χ0n) is 14.2. The summed E-state index contributed by atoms with van der Waals surface area (Å²) in [5.41, 5.74) is -0.741. The summed E-state index contributed by atoms with van der Waals surface area (Å²) in [5.74, 6) is 2.45. The summed E-state index contributed by atoms with van der Waals surface area (Å²) in [6.07, 6.45) is -0.185. The molecule has 2 rings (SSSR count). The average molecular weight is 375 g/mol. The molecule has 0 aromatic carbocycles. The van der Waals surface area contributed by atoms with Crippen LogP contribution < -0.4 is 16.0 Å². The first-order valence-electron chi connectivity index (χ1n) is 8.32. The number of aliphatic imine (C=N–C) groups is 1. The predicted octanol–water partition coefficient (Wildman–Crippen LogP) is 2.96. The van der Waals surface area contributed by atoms with Gasteiger partial charge in [0.2, 0.25) is 0 Å². The number of nitrogens with zero attached hydrogens (tertiary/aromatic N) is 2. The molecule has 2 heterocycles. The van der Waals surface area contributed by atoms with Crippen molar-refractivity contribution in [2.45, 2.75) is 30.7 Å². The van der Waals surface area contributed by atoms with Crippen LogP contribution in [-0.2, 0) is 6.18 Å². The number of halogens is 3. The predicted molar refractivity (Wildman–Crippen MR) is 97.2 cm³/mol. The van der Waals surface area contributed by atoms with Crippen LogP contribution in [-0.4, -0.2) is 48.6 Å². The highest BCUT2D eigenvalue weighted by molar-refractivity contribution is 8.00. The van der Waals surface area contributed by atoms with E-state index in [9.17, 15) is 13.2 Å². The van der Waals surface area contributed by atoms with Gasteiger partial charge in [-0.15, -0.1) is 0 Å². The standard InChI is InChI=1S/C16H24F3N5S/c1-20-15(24-11-13-4-2-9-25-13)22-8-3-7-21-14-6-5-12(10-23-14)16(17,18)19/h5-6,10,13H,2-4,7-9,11H2,1H3,(H,21,23)(H2,20,22,24). The summed E-state index contributed by atoms with van der Waals surface area (Å²) in [5, 5.41) is 10.2. The highest BCUT2D eigenvalue weighted by Crippen LogP contribution is 2.28. The number of hydrogen-bond donors (Lipinski definition) is 3. The second-order valence-electron chi connectivity index (χ2n) is 5.73. The third-order valence-electron chi connectivity index (χ3n) is 3.79. The van der Waals surface area contributed by atoms with E-state index in [0.717, 1.165) is 31.2 Å². The second-order valence-corrected chi connectivity index (χ2v) is 7.13. The van der Waals surface area contributed by atoms with Crippen molar-refractivity contribution in [3.8, 4) is 0 Å². The first-order chi connectivity index (χ1) is 12.0. The summed E-state index contributed by atoms with van der Waals surface area (Å²) >= 11 is 1.99. The minimum Gasteiger partial charge on any atom is -0.370 e. The van der Waals surface area contributed by atoms with E-state index in [1.54, 1.807) is 7.05 Å². The zero-order valence-corrected chi connectivity index (χ0v) is 15.0. The molecule has 140 valence electrons. The Bertz CT molecular complexity index is 542. The fourth-order valence-corrected chi connectivity index (χ4v) is 3.62. The largest absolute Gasteiger partial charge is 0.417 e. The lowest BCUT2D eigenvalue weighted by molar-refractivity contribution is -0.137. The van der Waals surface area contributed by atoms with E-state index in [-0.39, 0.29) is 0 Å². The van der Waals surface area contributed by atoms with Crippen LogP contribution in [0.5, 0.6) is 0 Å². The molecule has 25 heavy (non-hydrogen) atoms. The molecule has 1 aromatic rings. The molecule has 1 atom stereocenters. The van der Waals surface area contributed by atoms with Crippen LogP contribution in [0.2, 0.25) is 0 Å². The Kier molecular flexibility index (Phi) is 7.67. The van der Waals surface area contributed by atoms with Crippen LogP contribution in [0, 0.1) is 0 Å². The molecule has 1 aliphatic heterocycles. The highest BCUT2D eigenvalue weighted by atomic mass is 32.2. The SMILES string of the molecule is CN=C(NCCCNc1ccc(C(F)(F)F)cn1)NCC1CCCS1. The van der Waals surface area contributed by atoms with Crippen molar-refractivity contribution in [1.29, 1.82) is 0 Å². The van der Waals surface area contributed by atoms with Crippen LogP contribution >= 0.6 is 11.8 Å². The molecule has 1 unspecified atom stereocenters. The number of aromatic nitrogens is 1. The number of nitrogens with one attached hydrogen (secondary N) is 3. The zero-order chi connectivity index (χ0) is 18.1. The lowest BCUT2D eigenvalue weighted by Crippen LogP contribution is -2.40. The molecule has 9 heteroatoms. The van der Waals surface area contributed by atoms with Crippen molar-refractivity contribution in [2.24, 2.45) is 4.99 Å². The molecule has 0 radical (unpaired) electrons. The first kappa shape index (κ1) is 19.7. The van der Waals surface area contributed by atoms with Crippen molar-refractivity contribution in [2.75, 3.05) is 37.8 Å². The normalized spacial score (nSPS) is 18.2. The Hall–Kier alpha value is -1.64. The summed E-state index contributed by atoms with van der Waals surface area (Å²) in [7, 11) is 1.74. The molecular formula is C16H24F3N5S. The van der Waals surface area contributed by atoms with Gasteiger partial charge in [0, 0.05) is 38.1 Å². The van der Waals surface area contributed by atoms with Crippen LogP contribution in [0.3, 0.4) is 0 Å². The molecule has 1 aromatic heterocycles. The first-order valence-corrected chi connectivity index (χ1v) is 9.37. The number of guanidine groups is 1. The van der Waals surface area contributed by atoms with Crippen molar-refractivity contribution in [3.63, 3.8) is 0 Å². The monoisotopic (exact) mass is 375 g/mol. The lowest BCUT2D eigenvalue weighted by Gasteiger charge is -2.15. The number of thioether (sulfide) groups is 1. The Labute approximate surface area is 150 Å². The van der Waals surface area contributed by atoms with Crippen molar-refractivity contribution in [1.82, 2.24) is 15.6 Å². The molecule has 0 aliphatic carbocycles. The highest BCUT2D eigenvalue weighted by Gasteiger charge is 2.30. The topological polar surface area (TPSA) is 61.3 Å². The van der Waals surface area contributed by atoms with Gasteiger partial charge in [-0.2, -0.15) is 24.9 Å². The van der Waals surface area contributed by atoms with Gasteiger partial charge in [0.05, 0.1) is 5.56 Å².